The van der Waals surface area contributed by atoms with Crippen molar-refractivity contribution in [3.8, 4) is 5.75 Å². The first-order chi connectivity index (χ1) is 7.76. The second kappa shape index (κ2) is 6.85. The van der Waals surface area contributed by atoms with Crippen LogP contribution >= 0.6 is 0 Å². The Morgan fingerprint density at radius 2 is 2.31 bits per heavy atom. The largest absolute Gasteiger partial charge is 0.493 e. The van der Waals surface area contributed by atoms with Gasteiger partial charge in [0.25, 0.3) is 0 Å². The van der Waals surface area contributed by atoms with Gasteiger partial charge >= 0.3 is 0 Å². The standard InChI is InChI=1S/C12H19N3O/c1-3-14-12(15-13)7-8-16-11-6-4-5-10(2)9-11/h4-6,9H,3,7-8,13H2,1-2H3,(H,14,15). The molecule has 0 bridgehead atoms. The van der Waals surface area contributed by atoms with Crippen LogP contribution < -0.4 is 16.0 Å². The van der Waals surface area contributed by atoms with E-state index in [2.05, 4.69) is 10.4 Å². The molecule has 0 saturated heterocycles. The Hall–Kier alpha value is -1.55. The lowest BCUT2D eigenvalue weighted by Crippen LogP contribution is -2.31. The SMILES string of the molecule is CCN=C(CCOc1cccc(C)c1)NN. The molecule has 4 heteroatoms. The lowest BCUT2D eigenvalue weighted by molar-refractivity contribution is 0.327. The number of amidine groups is 1. The van der Waals surface area contributed by atoms with E-state index >= 15 is 0 Å². The van der Waals surface area contributed by atoms with E-state index in [9.17, 15) is 0 Å². The quantitative estimate of drug-likeness (QED) is 0.344. The highest BCUT2D eigenvalue weighted by Crippen LogP contribution is 2.12. The molecule has 88 valence electrons. The molecule has 1 aromatic carbocycles. The Balaban J connectivity index is 2.38. The van der Waals surface area contributed by atoms with Crippen molar-refractivity contribution in [3.63, 3.8) is 0 Å². The third-order valence-electron chi connectivity index (χ3n) is 2.11. The van der Waals surface area contributed by atoms with E-state index in [1.54, 1.807) is 0 Å². The van der Waals surface area contributed by atoms with Gasteiger partial charge in [-0.15, -0.1) is 0 Å². The van der Waals surface area contributed by atoms with Crippen LogP contribution in [0.5, 0.6) is 5.75 Å². The zero-order valence-corrected chi connectivity index (χ0v) is 9.86. The highest BCUT2D eigenvalue weighted by molar-refractivity contribution is 5.81. The Labute approximate surface area is 96.5 Å². The van der Waals surface area contributed by atoms with Crippen molar-refractivity contribution >= 4 is 5.84 Å². The molecule has 4 nitrogen and oxygen atoms in total. The van der Waals surface area contributed by atoms with Crippen molar-refractivity contribution < 1.29 is 4.74 Å². The number of hydrogen-bond acceptors (Lipinski definition) is 3. The number of hydrazine groups is 1. The van der Waals surface area contributed by atoms with Crippen LogP contribution in [-0.4, -0.2) is 19.0 Å². The molecule has 0 aliphatic carbocycles. The second-order valence-corrected chi connectivity index (χ2v) is 3.48. The van der Waals surface area contributed by atoms with E-state index in [0.29, 0.717) is 13.0 Å². The molecule has 16 heavy (non-hydrogen) atoms. The van der Waals surface area contributed by atoms with E-state index < -0.39 is 0 Å². The van der Waals surface area contributed by atoms with Crippen LogP contribution in [0.15, 0.2) is 29.3 Å². The van der Waals surface area contributed by atoms with E-state index in [1.165, 1.54) is 5.56 Å². The summed E-state index contributed by atoms with van der Waals surface area (Å²) < 4.78 is 5.59. The van der Waals surface area contributed by atoms with Gasteiger partial charge in [0.1, 0.15) is 11.6 Å². The fourth-order valence-corrected chi connectivity index (χ4v) is 1.36. The molecular formula is C12H19N3O. The number of aliphatic imine (C=N–C) groups is 1. The predicted molar refractivity (Wildman–Crippen MR) is 66.6 cm³/mol. The number of hydrogen-bond donors (Lipinski definition) is 2. The normalized spacial score (nSPS) is 11.3. The highest BCUT2D eigenvalue weighted by atomic mass is 16.5. The summed E-state index contributed by atoms with van der Waals surface area (Å²) in [4.78, 5) is 4.19. The van der Waals surface area contributed by atoms with Crippen molar-refractivity contribution in [1.82, 2.24) is 5.43 Å². The number of aryl methyl sites for hydroxylation is 1. The molecule has 0 fully saturated rings. The maximum atomic E-state index is 5.59. The smallest absolute Gasteiger partial charge is 0.119 e. The number of nitrogens with one attached hydrogen (secondary N) is 1. The summed E-state index contributed by atoms with van der Waals surface area (Å²) in [5.41, 5.74) is 3.76. The summed E-state index contributed by atoms with van der Waals surface area (Å²) in [6, 6.07) is 7.97. The molecule has 1 aromatic rings. The van der Waals surface area contributed by atoms with Crippen LogP contribution in [0, 0.1) is 6.92 Å². The molecule has 0 radical (unpaired) electrons. The molecule has 0 heterocycles. The molecule has 0 unspecified atom stereocenters. The fraction of sp³-hybridized carbons (Fsp3) is 0.417. The summed E-state index contributed by atoms with van der Waals surface area (Å²) in [5, 5.41) is 0. The van der Waals surface area contributed by atoms with Crippen molar-refractivity contribution in [3.05, 3.63) is 29.8 Å². The molecule has 0 spiro atoms. The minimum Gasteiger partial charge on any atom is -0.493 e. The minimum atomic E-state index is 0.576. The number of nitrogens with zero attached hydrogens (tertiary/aromatic N) is 1. The van der Waals surface area contributed by atoms with E-state index in [0.717, 1.165) is 18.1 Å². The van der Waals surface area contributed by atoms with Crippen molar-refractivity contribution in [2.45, 2.75) is 20.3 Å². The first-order valence-electron chi connectivity index (χ1n) is 5.45. The number of nitrogens with two attached hydrogens (primary N) is 1. The molecule has 0 amide bonds. The molecule has 1 rings (SSSR count). The van der Waals surface area contributed by atoms with E-state index in [-0.39, 0.29) is 0 Å². The van der Waals surface area contributed by atoms with Gasteiger partial charge in [-0.2, -0.15) is 0 Å². The zero-order valence-electron chi connectivity index (χ0n) is 9.86. The first kappa shape index (κ1) is 12.5. The zero-order chi connectivity index (χ0) is 11.8. The second-order valence-electron chi connectivity index (χ2n) is 3.48. The van der Waals surface area contributed by atoms with Gasteiger partial charge in [0.2, 0.25) is 0 Å². The summed E-state index contributed by atoms with van der Waals surface area (Å²) >= 11 is 0. The van der Waals surface area contributed by atoms with Gasteiger partial charge in [0.05, 0.1) is 6.61 Å². The van der Waals surface area contributed by atoms with Gasteiger partial charge in [0.15, 0.2) is 0 Å². The fourth-order valence-electron chi connectivity index (χ4n) is 1.36. The third kappa shape index (κ3) is 4.31. The number of ether oxygens (including phenoxy) is 1. The van der Waals surface area contributed by atoms with Gasteiger partial charge in [0, 0.05) is 13.0 Å². The molecule has 0 aliphatic rings. The van der Waals surface area contributed by atoms with Crippen molar-refractivity contribution in [1.29, 1.82) is 0 Å². The monoisotopic (exact) mass is 221 g/mol. The maximum Gasteiger partial charge on any atom is 0.119 e. The average Bonchev–Trinajstić information content (AvgIpc) is 2.28. The Morgan fingerprint density at radius 1 is 1.50 bits per heavy atom. The summed E-state index contributed by atoms with van der Waals surface area (Å²) in [6.45, 7) is 5.31. The van der Waals surface area contributed by atoms with Crippen LogP contribution in [0.4, 0.5) is 0 Å². The minimum absolute atomic E-state index is 0.576. The van der Waals surface area contributed by atoms with Gasteiger partial charge in [-0.1, -0.05) is 12.1 Å². The van der Waals surface area contributed by atoms with Crippen LogP contribution in [0.3, 0.4) is 0 Å². The molecule has 0 atom stereocenters. The molecule has 3 N–H and O–H groups in total. The van der Waals surface area contributed by atoms with Crippen LogP contribution in [0.25, 0.3) is 0 Å². The molecule has 0 aliphatic heterocycles. The Morgan fingerprint density at radius 3 is 2.94 bits per heavy atom. The van der Waals surface area contributed by atoms with Gasteiger partial charge in [-0.25, -0.2) is 5.84 Å². The summed E-state index contributed by atoms with van der Waals surface area (Å²) in [6.07, 6.45) is 0.693. The topological polar surface area (TPSA) is 59.6 Å². The third-order valence-corrected chi connectivity index (χ3v) is 2.11. The van der Waals surface area contributed by atoms with Gasteiger partial charge in [-0.3, -0.25) is 4.99 Å². The summed E-state index contributed by atoms with van der Waals surface area (Å²) in [5.74, 6) is 6.98. The van der Waals surface area contributed by atoms with Crippen LogP contribution in [-0.2, 0) is 0 Å². The van der Waals surface area contributed by atoms with Gasteiger partial charge < -0.3 is 10.2 Å². The van der Waals surface area contributed by atoms with Crippen molar-refractivity contribution in [2.75, 3.05) is 13.2 Å². The van der Waals surface area contributed by atoms with Crippen LogP contribution in [0.1, 0.15) is 18.9 Å². The predicted octanol–water partition coefficient (Wildman–Crippen LogP) is 1.65. The van der Waals surface area contributed by atoms with E-state index in [4.69, 9.17) is 10.6 Å². The Kier molecular flexibility index (Phi) is 5.36. The summed E-state index contributed by atoms with van der Waals surface area (Å²) in [7, 11) is 0. The van der Waals surface area contributed by atoms with E-state index in [1.807, 2.05) is 38.1 Å². The van der Waals surface area contributed by atoms with Crippen molar-refractivity contribution in [2.24, 2.45) is 10.8 Å². The molecule has 0 aromatic heterocycles. The number of benzene rings is 1. The molecule has 0 saturated carbocycles. The Bertz CT molecular complexity index is 350. The number of rotatable bonds is 5. The van der Waals surface area contributed by atoms with Gasteiger partial charge in [-0.05, 0) is 31.5 Å². The van der Waals surface area contributed by atoms with Crippen LogP contribution in [0.2, 0.25) is 0 Å². The molecular weight excluding hydrogens is 202 g/mol. The highest BCUT2D eigenvalue weighted by Gasteiger charge is 1.98. The lowest BCUT2D eigenvalue weighted by Gasteiger charge is -2.08. The lowest BCUT2D eigenvalue weighted by atomic mass is 10.2. The maximum absolute atomic E-state index is 5.59. The first-order valence-corrected chi connectivity index (χ1v) is 5.45. The average molecular weight is 221 g/mol.